The molecule has 0 radical (unpaired) electrons. The predicted octanol–water partition coefficient (Wildman–Crippen LogP) is 1.41. The minimum atomic E-state index is -0.146. The molecular formula is C13H22N4O2. The number of ether oxygens (including phenoxy) is 1. The summed E-state index contributed by atoms with van der Waals surface area (Å²) < 4.78 is 5.22. The van der Waals surface area contributed by atoms with E-state index in [2.05, 4.69) is 22.2 Å². The van der Waals surface area contributed by atoms with Gasteiger partial charge in [-0.15, -0.1) is 0 Å². The summed E-state index contributed by atoms with van der Waals surface area (Å²) >= 11 is 0. The van der Waals surface area contributed by atoms with Crippen molar-refractivity contribution in [2.24, 2.45) is 0 Å². The van der Waals surface area contributed by atoms with Gasteiger partial charge in [0.2, 0.25) is 0 Å². The molecule has 6 heteroatoms. The van der Waals surface area contributed by atoms with E-state index < -0.39 is 0 Å². The Morgan fingerprint density at radius 1 is 1.42 bits per heavy atom. The summed E-state index contributed by atoms with van der Waals surface area (Å²) in [4.78, 5) is 22.0. The highest BCUT2D eigenvalue weighted by molar-refractivity contribution is 5.92. The molecule has 0 aliphatic carbocycles. The van der Waals surface area contributed by atoms with Crippen molar-refractivity contribution in [3.05, 3.63) is 18.1 Å². The Labute approximate surface area is 114 Å². The van der Waals surface area contributed by atoms with Crippen molar-refractivity contribution in [3.63, 3.8) is 0 Å². The quantitative estimate of drug-likeness (QED) is 0.720. The van der Waals surface area contributed by atoms with Gasteiger partial charge < -0.3 is 15.0 Å². The van der Waals surface area contributed by atoms with Crippen molar-refractivity contribution in [1.82, 2.24) is 14.9 Å². The Bertz CT molecular complexity index is 398. The maximum atomic E-state index is 12.1. The average molecular weight is 266 g/mol. The third-order valence-electron chi connectivity index (χ3n) is 2.53. The van der Waals surface area contributed by atoms with Gasteiger partial charge in [-0.05, 0) is 13.3 Å². The first kappa shape index (κ1) is 15.4. The molecule has 0 fully saturated rings. The van der Waals surface area contributed by atoms with Crippen molar-refractivity contribution in [3.8, 4) is 0 Å². The van der Waals surface area contributed by atoms with E-state index in [-0.39, 0.29) is 5.91 Å². The van der Waals surface area contributed by atoms with Crippen molar-refractivity contribution >= 4 is 11.7 Å². The van der Waals surface area contributed by atoms with Gasteiger partial charge in [-0.25, -0.2) is 4.98 Å². The van der Waals surface area contributed by atoms with Crippen LogP contribution >= 0.6 is 0 Å². The monoisotopic (exact) mass is 266 g/mol. The van der Waals surface area contributed by atoms with Gasteiger partial charge in [-0.2, -0.15) is 0 Å². The Hall–Kier alpha value is -1.69. The molecule has 106 valence electrons. The van der Waals surface area contributed by atoms with Crippen LogP contribution in [0.4, 0.5) is 5.82 Å². The van der Waals surface area contributed by atoms with Crippen LogP contribution in [0, 0.1) is 0 Å². The first-order valence-electron chi connectivity index (χ1n) is 6.58. The summed E-state index contributed by atoms with van der Waals surface area (Å²) in [5.41, 5.74) is 0.347. The molecule has 0 saturated carbocycles. The lowest BCUT2D eigenvalue weighted by Crippen LogP contribution is -2.31. The lowest BCUT2D eigenvalue weighted by Gasteiger charge is -2.16. The number of hydrogen-bond donors (Lipinski definition) is 1. The molecule has 0 bridgehead atoms. The zero-order chi connectivity index (χ0) is 14.1. The number of aromatic nitrogens is 2. The molecule has 0 aromatic carbocycles. The molecule has 1 aromatic heterocycles. The molecule has 1 aromatic rings. The SMILES string of the molecule is CCCNc1cncc(C(=O)N(C)CCOCC)n1. The largest absolute Gasteiger partial charge is 0.380 e. The summed E-state index contributed by atoms with van der Waals surface area (Å²) in [6, 6.07) is 0. The third-order valence-corrected chi connectivity index (χ3v) is 2.53. The molecule has 0 aliphatic rings. The Morgan fingerprint density at radius 3 is 2.89 bits per heavy atom. The number of rotatable bonds is 8. The number of nitrogens with one attached hydrogen (secondary N) is 1. The molecule has 0 unspecified atom stereocenters. The van der Waals surface area contributed by atoms with Gasteiger partial charge >= 0.3 is 0 Å². The van der Waals surface area contributed by atoms with E-state index in [4.69, 9.17) is 4.74 Å². The predicted molar refractivity (Wildman–Crippen MR) is 74.3 cm³/mol. The van der Waals surface area contributed by atoms with Crippen LogP contribution < -0.4 is 5.32 Å². The van der Waals surface area contributed by atoms with Crippen LogP contribution in [0.1, 0.15) is 30.8 Å². The molecule has 1 N–H and O–H groups in total. The fourth-order valence-electron chi connectivity index (χ4n) is 1.45. The lowest BCUT2D eigenvalue weighted by molar-refractivity contribution is 0.0704. The summed E-state index contributed by atoms with van der Waals surface area (Å²) in [7, 11) is 1.73. The van der Waals surface area contributed by atoms with Crippen LogP contribution in [-0.4, -0.2) is 54.1 Å². The van der Waals surface area contributed by atoms with Gasteiger partial charge in [0.1, 0.15) is 11.5 Å². The Balaban J connectivity index is 2.60. The molecule has 0 aliphatic heterocycles. The molecular weight excluding hydrogens is 244 g/mol. The van der Waals surface area contributed by atoms with Gasteiger partial charge in [0.25, 0.3) is 5.91 Å². The lowest BCUT2D eigenvalue weighted by atomic mass is 10.3. The van der Waals surface area contributed by atoms with Crippen LogP contribution in [0.15, 0.2) is 12.4 Å². The van der Waals surface area contributed by atoms with Crippen LogP contribution in [0.2, 0.25) is 0 Å². The highest BCUT2D eigenvalue weighted by Gasteiger charge is 2.13. The summed E-state index contributed by atoms with van der Waals surface area (Å²) in [6.45, 7) is 6.53. The number of nitrogens with zero attached hydrogens (tertiary/aromatic N) is 3. The van der Waals surface area contributed by atoms with Crippen LogP contribution in [0.5, 0.6) is 0 Å². The summed E-state index contributed by atoms with van der Waals surface area (Å²) in [6.07, 6.45) is 4.09. The Kier molecular flexibility index (Phi) is 6.81. The highest BCUT2D eigenvalue weighted by atomic mass is 16.5. The van der Waals surface area contributed by atoms with Crippen molar-refractivity contribution in [2.45, 2.75) is 20.3 Å². The van der Waals surface area contributed by atoms with Crippen molar-refractivity contribution in [1.29, 1.82) is 0 Å². The third kappa shape index (κ3) is 5.21. The first-order chi connectivity index (χ1) is 9.19. The molecule has 1 heterocycles. The number of amides is 1. The summed E-state index contributed by atoms with van der Waals surface area (Å²) in [5.74, 6) is 0.484. The van der Waals surface area contributed by atoms with E-state index in [1.165, 1.54) is 6.20 Å². The molecule has 1 amide bonds. The van der Waals surface area contributed by atoms with E-state index in [1.807, 2.05) is 6.92 Å². The number of hydrogen-bond acceptors (Lipinski definition) is 5. The molecule has 0 spiro atoms. The fraction of sp³-hybridized carbons (Fsp3) is 0.615. The van der Waals surface area contributed by atoms with Crippen molar-refractivity contribution < 1.29 is 9.53 Å². The molecule has 19 heavy (non-hydrogen) atoms. The first-order valence-corrected chi connectivity index (χ1v) is 6.58. The average Bonchev–Trinajstić information content (AvgIpc) is 2.44. The minimum Gasteiger partial charge on any atom is -0.380 e. The second kappa shape index (κ2) is 8.42. The Morgan fingerprint density at radius 2 is 2.21 bits per heavy atom. The smallest absolute Gasteiger partial charge is 0.273 e. The van der Waals surface area contributed by atoms with Gasteiger partial charge in [-0.3, -0.25) is 9.78 Å². The number of likely N-dealkylation sites (N-methyl/N-ethyl adjacent to an activating group) is 1. The summed E-state index contributed by atoms with van der Waals surface area (Å²) in [5, 5.41) is 3.11. The standard InChI is InChI=1S/C13H22N4O2/c1-4-6-15-12-10-14-9-11(16-12)13(18)17(3)7-8-19-5-2/h9-10H,4-8H2,1-3H3,(H,15,16). The van der Waals surface area contributed by atoms with E-state index in [9.17, 15) is 4.79 Å². The van der Waals surface area contributed by atoms with Gasteiger partial charge in [-0.1, -0.05) is 6.92 Å². The van der Waals surface area contributed by atoms with E-state index in [0.29, 0.717) is 31.3 Å². The van der Waals surface area contributed by atoms with Crippen LogP contribution in [0.3, 0.4) is 0 Å². The molecule has 0 saturated heterocycles. The van der Waals surface area contributed by atoms with Crippen LogP contribution in [-0.2, 0) is 4.74 Å². The minimum absolute atomic E-state index is 0.146. The maximum absolute atomic E-state index is 12.1. The highest BCUT2D eigenvalue weighted by Crippen LogP contribution is 2.04. The molecule has 0 atom stereocenters. The van der Waals surface area contributed by atoms with E-state index in [0.717, 1.165) is 13.0 Å². The van der Waals surface area contributed by atoms with Gasteiger partial charge in [0.05, 0.1) is 19.0 Å². The van der Waals surface area contributed by atoms with Gasteiger partial charge in [0.15, 0.2) is 0 Å². The second-order valence-electron chi connectivity index (χ2n) is 4.14. The zero-order valence-electron chi connectivity index (χ0n) is 11.8. The topological polar surface area (TPSA) is 67.4 Å². The van der Waals surface area contributed by atoms with E-state index >= 15 is 0 Å². The number of anilines is 1. The maximum Gasteiger partial charge on any atom is 0.273 e. The normalized spacial score (nSPS) is 10.3. The van der Waals surface area contributed by atoms with Crippen molar-refractivity contribution in [2.75, 3.05) is 38.7 Å². The fourth-order valence-corrected chi connectivity index (χ4v) is 1.45. The van der Waals surface area contributed by atoms with E-state index in [1.54, 1.807) is 18.1 Å². The zero-order valence-corrected chi connectivity index (χ0v) is 11.8. The molecule has 1 rings (SSSR count). The van der Waals surface area contributed by atoms with Gasteiger partial charge in [0, 0.05) is 26.7 Å². The number of carbonyl (C=O) groups excluding carboxylic acids is 1. The molecule has 6 nitrogen and oxygen atoms in total. The number of carbonyl (C=O) groups is 1. The van der Waals surface area contributed by atoms with Crippen LogP contribution in [0.25, 0.3) is 0 Å². The second-order valence-corrected chi connectivity index (χ2v) is 4.14.